The monoisotopic (exact) mass is 448 g/mol. The summed E-state index contributed by atoms with van der Waals surface area (Å²) in [5, 5.41) is 0. The van der Waals surface area contributed by atoms with Crippen molar-refractivity contribution >= 4 is 20.0 Å². The lowest BCUT2D eigenvalue weighted by Crippen LogP contribution is -2.35. The van der Waals surface area contributed by atoms with Gasteiger partial charge < -0.3 is 0 Å². The molecule has 0 aliphatic carbocycles. The topological polar surface area (TPSA) is 92.3 Å². The van der Waals surface area contributed by atoms with Crippen LogP contribution in [0.2, 0.25) is 0 Å². The number of sulfonamides is 2. The van der Waals surface area contributed by atoms with E-state index in [4.69, 9.17) is 0 Å². The van der Waals surface area contributed by atoms with E-state index in [9.17, 15) is 16.8 Å². The van der Waals surface area contributed by atoms with Crippen molar-refractivity contribution in [2.24, 2.45) is 5.92 Å². The van der Waals surface area contributed by atoms with Gasteiger partial charge in [-0.2, -0.15) is 9.44 Å². The highest BCUT2D eigenvalue weighted by atomic mass is 32.2. The van der Waals surface area contributed by atoms with E-state index in [0.29, 0.717) is 6.42 Å². The van der Waals surface area contributed by atoms with Crippen LogP contribution in [0.1, 0.15) is 31.4 Å². The van der Waals surface area contributed by atoms with Crippen LogP contribution in [0, 0.1) is 31.6 Å². The van der Waals surface area contributed by atoms with Gasteiger partial charge in [-0.15, -0.1) is 0 Å². The molecule has 0 spiro atoms. The van der Waals surface area contributed by atoms with Gasteiger partial charge in [0, 0.05) is 0 Å². The Hall–Kier alpha value is -2.18. The lowest BCUT2D eigenvalue weighted by atomic mass is 10.1. The molecule has 8 heteroatoms. The van der Waals surface area contributed by atoms with Gasteiger partial charge in [-0.25, -0.2) is 16.8 Å². The van der Waals surface area contributed by atoms with Crippen molar-refractivity contribution in [3.05, 3.63) is 59.7 Å². The second-order valence-corrected chi connectivity index (χ2v) is 11.1. The molecule has 162 valence electrons. The predicted molar refractivity (Wildman–Crippen MR) is 119 cm³/mol. The zero-order chi connectivity index (χ0) is 22.4. The number of rotatable bonds is 8. The van der Waals surface area contributed by atoms with Crippen molar-refractivity contribution in [3.63, 3.8) is 0 Å². The van der Waals surface area contributed by atoms with Crippen molar-refractivity contribution in [1.82, 2.24) is 9.44 Å². The van der Waals surface area contributed by atoms with Gasteiger partial charge in [0.15, 0.2) is 0 Å². The molecule has 2 N–H and O–H groups in total. The first-order valence-electron chi connectivity index (χ1n) is 9.63. The van der Waals surface area contributed by atoms with Gasteiger partial charge in [-0.05, 0) is 50.5 Å². The second kappa shape index (κ2) is 10.2. The maximum Gasteiger partial charge on any atom is 0.241 e. The summed E-state index contributed by atoms with van der Waals surface area (Å²) in [7, 11) is -7.40. The molecule has 1 unspecified atom stereocenters. The van der Waals surface area contributed by atoms with Gasteiger partial charge in [-0.1, -0.05) is 61.1 Å². The summed E-state index contributed by atoms with van der Waals surface area (Å²) in [6.07, 6.45) is 0.503. The highest BCUT2D eigenvalue weighted by Gasteiger charge is 2.19. The lowest BCUT2D eigenvalue weighted by molar-refractivity contribution is 0.514. The zero-order valence-corrected chi connectivity index (χ0v) is 19.3. The Kier molecular flexibility index (Phi) is 8.21. The summed E-state index contributed by atoms with van der Waals surface area (Å²) < 4.78 is 55.0. The summed E-state index contributed by atoms with van der Waals surface area (Å²) in [4.78, 5) is 0.331. The maximum atomic E-state index is 12.6. The number of benzene rings is 2. The standard InChI is InChI=1S/C22H28N2O4S2/c1-17(2)16-20(24-30(27,28)22-13-9-19(4)10-14-22)6-5-15-23-29(25,26)21-11-7-18(3)8-12-21/h7-14,17,20,23-24H,15-16H2,1-4H3. The van der Waals surface area contributed by atoms with Crippen LogP contribution >= 0.6 is 0 Å². The van der Waals surface area contributed by atoms with Crippen LogP contribution in [0.15, 0.2) is 58.3 Å². The zero-order valence-electron chi connectivity index (χ0n) is 17.6. The van der Waals surface area contributed by atoms with Crippen molar-refractivity contribution < 1.29 is 16.8 Å². The number of hydrogen-bond donors (Lipinski definition) is 2. The normalized spacial score (nSPS) is 13.0. The van der Waals surface area contributed by atoms with Crippen molar-refractivity contribution in [3.8, 4) is 11.8 Å². The Morgan fingerprint density at radius 2 is 1.27 bits per heavy atom. The third kappa shape index (κ3) is 7.26. The van der Waals surface area contributed by atoms with Crippen LogP contribution in [0.4, 0.5) is 0 Å². The van der Waals surface area contributed by atoms with E-state index >= 15 is 0 Å². The molecule has 0 amide bonds. The Labute approximate surface area is 180 Å². The molecular formula is C22H28N2O4S2. The quantitative estimate of drug-likeness (QED) is 0.607. The van der Waals surface area contributed by atoms with Gasteiger partial charge in [0.1, 0.15) is 0 Å². The fourth-order valence-electron chi connectivity index (χ4n) is 2.69. The van der Waals surface area contributed by atoms with Crippen molar-refractivity contribution in [1.29, 1.82) is 0 Å². The van der Waals surface area contributed by atoms with Crippen LogP contribution in [0.5, 0.6) is 0 Å². The Balaban J connectivity index is 2.09. The molecular weight excluding hydrogens is 420 g/mol. The summed E-state index contributed by atoms with van der Waals surface area (Å²) in [5.74, 6) is 5.80. The van der Waals surface area contributed by atoms with E-state index in [1.165, 1.54) is 12.1 Å². The highest BCUT2D eigenvalue weighted by molar-refractivity contribution is 7.89. The van der Waals surface area contributed by atoms with E-state index in [-0.39, 0.29) is 22.3 Å². The average Bonchev–Trinajstić information content (AvgIpc) is 2.65. The average molecular weight is 449 g/mol. The number of aryl methyl sites for hydroxylation is 2. The van der Waals surface area contributed by atoms with Crippen LogP contribution < -0.4 is 9.44 Å². The Bertz CT molecular complexity index is 1110. The third-order valence-corrected chi connectivity index (χ3v) is 7.20. The number of hydrogen-bond acceptors (Lipinski definition) is 4. The SMILES string of the molecule is Cc1ccc(S(=O)(=O)NCC#CC(CC(C)C)NS(=O)(=O)c2ccc(C)cc2)cc1. The molecule has 0 aliphatic heterocycles. The summed E-state index contributed by atoms with van der Waals surface area (Å²) in [5.41, 5.74) is 1.93. The molecule has 0 fully saturated rings. The molecule has 0 heterocycles. The maximum absolute atomic E-state index is 12.6. The van der Waals surface area contributed by atoms with E-state index in [0.717, 1.165) is 11.1 Å². The van der Waals surface area contributed by atoms with Crippen LogP contribution in [-0.2, 0) is 20.0 Å². The van der Waals surface area contributed by atoms with Crippen LogP contribution in [0.3, 0.4) is 0 Å². The molecule has 0 bridgehead atoms. The van der Waals surface area contributed by atoms with E-state index in [2.05, 4.69) is 21.3 Å². The molecule has 0 aliphatic rings. The molecule has 2 aromatic carbocycles. The minimum absolute atomic E-state index is 0.114. The van der Waals surface area contributed by atoms with Crippen molar-refractivity contribution in [2.75, 3.05) is 6.54 Å². The minimum atomic E-state index is -3.73. The summed E-state index contributed by atoms with van der Waals surface area (Å²) in [6, 6.07) is 12.4. The van der Waals surface area contributed by atoms with Crippen LogP contribution in [0.25, 0.3) is 0 Å². The summed E-state index contributed by atoms with van der Waals surface area (Å²) >= 11 is 0. The van der Waals surface area contributed by atoms with E-state index in [1.807, 2.05) is 27.7 Å². The first-order chi connectivity index (χ1) is 14.0. The summed E-state index contributed by atoms with van der Waals surface area (Å²) in [6.45, 7) is 7.58. The molecule has 2 aromatic rings. The van der Waals surface area contributed by atoms with E-state index < -0.39 is 26.1 Å². The molecule has 0 saturated carbocycles. The minimum Gasteiger partial charge on any atom is -0.207 e. The van der Waals surface area contributed by atoms with Crippen molar-refractivity contribution in [2.45, 2.75) is 49.9 Å². The van der Waals surface area contributed by atoms with Gasteiger partial charge in [-0.3, -0.25) is 0 Å². The van der Waals surface area contributed by atoms with Crippen LogP contribution in [-0.4, -0.2) is 29.4 Å². The van der Waals surface area contributed by atoms with E-state index in [1.54, 1.807) is 36.4 Å². The second-order valence-electron chi connectivity index (χ2n) is 7.58. The first kappa shape index (κ1) is 24.1. The molecule has 1 atom stereocenters. The fraction of sp³-hybridized carbons (Fsp3) is 0.364. The molecule has 0 radical (unpaired) electrons. The van der Waals surface area contributed by atoms with Gasteiger partial charge in [0.05, 0.1) is 22.4 Å². The largest absolute Gasteiger partial charge is 0.241 e. The molecule has 0 saturated heterocycles. The molecule has 2 rings (SSSR count). The Morgan fingerprint density at radius 1 is 0.800 bits per heavy atom. The smallest absolute Gasteiger partial charge is 0.207 e. The number of nitrogens with one attached hydrogen (secondary N) is 2. The molecule has 6 nitrogen and oxygen atoms in total. The fourth-order valence-corrected chi connectivity index (χ4v) is 4.77. The van der Waals surface area contributed by atoms with Gasteiger partial charge >= 0.3 is 0 Å². The Morgan fingerprint density at radius 3 is 1.73 bits per heavy atom. The van der Waals surface area contributed by atoms with Gasteiger partial charge in [0.25, 0.3) is 0 Å². The van der Waals surface area contributed by atoms with Gasteiger partial charge in [0.2, 0.25) is 20.0 Å². The lowest BCUT2D eigenvalue weighted by Gasteiger charge is -2.16. The highest BCUT2D eigenvalue weighted by Crippen LogP contribution is 2.13. The predicted octanol–water partition coefficient (Wildman–Crippen LogP) is 2.98. The third-order valence-electron chi connectivity index (χ3n) is 4.29. The first-order valence-corrected chi connectivity index (χ1v) is 12.6. The molecule has 0 aromatic heterocycles. The molecule has 30 heavy (non-hydrogen) atoms.